The van der Waals surface area contributed by atoms with Crippen LogP contribution < -0.4 is 10.6 Å². The maximum Gasteiger partial charge on any atom is 0.270 e. The molecule has 6 heteroatoms. The second-order valence-corrected chi connectivity index (χ2v) is 6.50. The third kappa shape index (κ3) is 4.68. The Kier molecular flexibility index (Phi) is 5.64. The number of anilines is 2. The van der Waals surface area contributed by atoms with E-state index in [9.17, 15) is 4.79 Å². The van der Waals surface area contributed by atoms with Gasteiger partial charge in [0, 0.05) is 22.9 Å². The molecule has 5 nitrogen and oxygen atoms in total. The number of hydrogen-bond donors (Lipinski definition) is 2. The van der Waals surface area contributed by atoms with Gasteiger partial charge in [0.25, 0.3) is 5.91 Å². The highest BCUT2D eigenvalue weighted by molar-refractivity contribution is 6.30. The Labute approximate surface area is 146 Å². The molecule has 1 saturated carbocycles. The predicted molar refractivity (Wildman–Crippen MR) is 95.7 cm³/mol. The van der Waals surface area contributed by atoms with E-state index in [1.807, 2.05) is 12.1 Å². The number of halogens is 1. The van der Waals surface area contributed by atoms with E-state index in [1.54, 1.807) is 24.4 Å². The molecule has 1 aliphatic carbocycles. The van der Waals surface area contributed by atoms with Gasteiger partial charge in [-0.3, -0.25) is 4.79 Å². The fourth-order valence-electron chi connectivity index (χ4n) is 2.89. The lowest BCUT2D eigenvalue weighted by Crippen LogP contribution is -2.35. The molecule has 0 saturated heterocycles. The van der Waals surface area contributed by atoms with Crippen LogP contribution in [-0.4, -0.2) is 21.9 Å². The van der Waals surface area contributed by atoms with Crippen molar-refractivity contribution in [2.45, 2.75) is 44.6 Å². The second-order valence-electron chi connectivity index (χ2n) is 6.06. The zero-order valence-corrected chi connectivity index (χ0v) is 14.2. The minimum Gasteiger partial charge on any atom is -0.348 e. The van der Waals surface area contributed by atoms with Crippen molar-refractivity contribution < 1.29 is 4.79 Å². The highest BCUT2D eigenvalue weighted by Gasteiger charge is 2.17. The molecular formula is C18H21ClN4O. The molecular weight excluding hydrogens is 324 g/mol. The molecule has 24 heavy (non-hydrogen) atoms. The second kappa shape index (κ2) is 8.11. The summed E-state index contributed by atoms with van der Waals surface area (Å²) in [5.41, 5.74) is 1.20. The SMILES string of the molecule is O=C(NC1CCCCCC1)c1ccnc(Nc2ccc(Cl)cc2)n1. The molecule has 0 bridgehead atoms. The maximum absolute atomic E-state index is 12.4. The van der Waals surface area contributed by atoms with Crippen molar-refractivity contribution in [2.75, 3.05) is 5.32 Å². The van der Waals surface area contributed by atoms with Crippen molar-refractivity contribution in [1.29, 1.82) is 0 Å². The van der Waals surface area contributed by atoms with Crippen molar-refractivity contribution in [3.8, 4) is 0 Å². The van der Waals surface area contributed by atoms with Gasteiger partial charge in [-0.15, -0.1) is 0 Å². The molecule has 0 unspecified atom stereocenters. The fraction of sp³-hybridized carbons (Fsp3) is 0.389. The lowest BCUT2D eigenvalue weighted by Gasteiger charge is -2.16. The fourth-order valence-corrected chi connectivity index (χ4v) is 3.02. The molecule has 1 aromatic heterocycles. The zero-order valence-electron chi connectivity index (χ0n) is 13.5. The Balaban J connectivity index is 1.65. The standard InChI is InChI=1S/C18H21ClN4O/c19-13-7-9-15(10-8-13)22-18-20-12-11-16(23-18)17(24)21-14-5-3-1-2-4-6-14/h7-12,14H,1-6H2,(H,21,24)(H,20,22,23). The molecule has 0 aliphatic heterocycles. The van der Waals surface area contributed by atoms with Gasteiger partial charge in [0.2, 0.25) is 5.95 Å². The van der Waals surface area contributed by atoms with Crippen molar-refractivity contribution in [2.24, 2.45) is 0 Å². The Morgan fingerprint density at radius 2 is 1.75 bits per heavy atom. The first-order valence-electron chi connectivity index (χ1n) is 8.37. The monoisotopic (exact) mass is 344 g/mol. The van der Waals surface area contributed by atoms with Crippen LogP contribution in [0.3, 0.4) is 0 Å². The zero-order chi connectivity index (χ0) is 16.8. The van der Waals surface area contributed by atoms with E-state index < -0.39 is 0 Å². The molecule has 0 atom stereocenters. The van der Waals surface area contributed by atoms with Crippen LogP contribution in [0.25, 0.3) is 0 Å². The minimum atomic E-state index is -0.136. The quantitative estimate of drug-likeness (QED) is 0.810. The summed E-state index contributed by atoms with van der Waals surface area (Å²) < 4.78 is 0. The Bertz CT molecular complexity index is 682. The third-order valence-corrected chi connectivity index (χ3v) is 4.43. The number of carbonyl (C=O) groups excluding carboxylic acids is 1. The third-order valence-electron chi connectivity index (χ3n) is 4.18. The van der Waals surface area contributed by atoms with E-state index in [1.165, 1.54) is 25.7 Å². The Morgan fingerprint density at radius 1 is 1.04 bits per heavy atom. The van der Waals surface area contributed by atoms with Crippen molar-refractivity contribution >= 4 is 29.1 Å². The number of aromatic nitrogens is 2. The first kappa shape index (κ1) is 16.7. The topological polar surface area (TPSA) is 66.9 Å². The van der Waals surface area contributed by atoms with Crippen LogP contribution in [0, 0.1) is 0 Å². The average Bonchev–Trinajstić information content (AvgIpc) is 2.86. The molecule has 126 valence electrons. The number of carbonyl (C=O) groups is 1. The van der Waals surface area contributed by atoms with Gasteiger partial charge in [-0.2, -0.15) is 0 Å². The smallest absolute Gasteiger partial charge is 0.270 e. The van der Waals surface area contributed by atoms with E-state index in [0.717, 1.165) is 18.5 Å². The molecule has 1 amide bonds. The predicted octanol–water partition coefficient (Wildman–Crippen LogP) is 4.33. The number of hydrogen-bond acceptors (Lipinski definition) is 4. The van der Waals surface area contributed by atoms with E-state index in [-0.39, 0.29) is 11.9 Å². The van der Waals surface area contributed by atoms with Gasteiger partial charge >= 0.3 is 0 Å². The normalized spacial score (nSPS) is 15.5. The van der Waals surface area contributed by atoms with Crippen LogP contribution in [0.5, 0.6) is 0 Å². The highest BCUT2D eigenvalue weighted by Crippen LogP contribution is 2.18. The van der Waals surface area contributed by atoms with Crippen molar-refractivity contribution in [1.82, 2.24) is 15.3 Å². The van der Waals surface area contributed by atoms with Crippen LogP contribution in [0.15, 0.2) is 36.5 Å². The van der Waals surface area contributed by atoms with Gasteiger partial charge in [-0.1, -0.05) is 37.3 Å². The van der Waals surface area contributed by atoms with E-state index >= 15 is 0 Å². The first-order chi connectivity index (χ1) is 11.7. The van der Waals surface area contributed by atoms with Crippen molar-refractivity contribution in [3.05, 3.63) is 47.2 Å². The molecule has 1 heterocycles. The summed E-state index contributed by atoms with van der Waals surface area (Å²) in [6, 6.07) is 9.13. The van der Waals surface area contributed by atoms with Crippen LogP contribution in [0.2, 0.25) is 5.02 Å². The van der Waals surface area contributed by atoms with E-state index in [4.69, 9.17) is 11.6 Å². The lowest BCUT2D eigenvalue weighted by molar-refractivity contribution is 0.0928. The minimum absolute atomic E-state index is 0.136. The van der Waals surface area contributed by atoms with Gasteiger partial charge in [-0.25, -0.2) is 9.97 Å². The molecule has 2 aromatic rings. The number of nitrogens with one attached hydrogen (secondary N) is 2. The Morgan fingerprint density at radius 3 is 2.46 bits per heavy atom. The summed E-state index contributed by atoms with van der Waals surface area (Å²) >= 11 is 5.87. The van der Waals surface area contributed by atoms with Crippen LogP contribution in [0.1, 0.15) is 49.0 Å². The highest BCUT2D eigenvalue weighted by atomic mass is 35.5. The summed E-state index contributed by atoms with van der Waals surface area (Å²) in [4.78, 5) is 20.9. The summed E-state index contributed by atoms with van der Waals surface area (Å²) in [6.45, 7) is 0. The van der Waals surface area contributed by atoms with Crippen LogP contribution in [-0.2, 0) is 0 Å². The molecule has 1 aliphatic rings. The van der Waals surface area contributed by atoms with Crippen LogP contribution >= 0.6 is 11.6 Å². The molecule has 3 rings (SSSR count). The lowest BCUT2D eigenvalue weighted by atomic mass is 10.1. The van der Waals surface area contributed by atoms with E-state index in [0.29, 0.717) is 16.7 Å². The van der Waals surface area contributed by atoms with Crippen LogP contribution in [0.4, 0.5) is 11.6 Å². The number of benzene rings is 1. The number of amides is 1. The average molecular weight is 345 g/mol. The van der Waals surface area contributed by atoms with E-state index in [2.05, 4.69) is 20.6 Å². The van der Waals surface area contributed by atoms with Gasteiger partial charge in [-0.05, 0) is 43.2 Å². The van der Waals surface area contributed by atoms with Gasteiger partial charge in [0.1, 0.15) is 5.69 Å². The first-order valence-corrected chi connectivity index (χ1v) is 8.75. The maximum atomic E-state index is 12.4. The molecule has 2 N–H and O–H groups in total. The molecule has 0 spiro atoms. The molecule has 1 aromatic carbocycles. The molecule has 1 fully saturated rings. The van der Waals surface area contributed by atoms with Crippen molar-refractivity contribution in [3.63, 3.8) is 0 Å². The van der Waals surface area contributed by atoms with Gasteiger partial charge in [0.05, 0.1) is 0 Å². The van der Waals surface area contributed by atoms with Gasteiger partial charge < -0.3 is 10.6 Å². The summed E-state index contributed by atoms with van der Waals surface area (Å²) in [5.74, 6) is 0.259. The Hall–Kier alpha value is -2.14. The molecule has 0 radical (unpaired) electrons. The summed E-state index contributed by atoms with van der Waals surface area (Å²) in [7, 11) is 0. The summed E-state index contributed by atoms with van der Waals surface area (Å²) in [6.07, 6.45) is 8.56. The number of nitrogens with zero attached hydrogens (tertiary/aromatic N) is 2. The van der Waals surface area contributed by atoms with Gasteiger partial charge in [0.15, 0.2) is 0 Å². The number of rotatable bonds is 4. The largest absolute Gasteiger partial charge is 0.348 e. The summed E-state index contributed by atoms with van der Waals surface area (Å²) in [5, 5.41) is 6.84.